The fourth-order valence-corrected chi connectivity index (χ4v) is 5.84. The second-order valence-corrected chi connectivity index (χ2v) is 12.3. The number of sulfonamides is 1. The van der Waals surface area contributed by atoms with Crippen LogP contribution in [-0.4, -0.2) is 58.5 Å². The smallest absolute Gasteiger partial charge is 0.264 e. The van der Waals surface area contributed by atoms with Crippen LogP contribution in [0.3, 0.4) is 0 Å². The van der Waals surface area contributed by atoms with E-state index in [9.17, 15) is 18.0 Å². The van der Waals surface area contributed by atoms with E-state index in [1.165, 1.54) is 24.1 Å². The van der Waals surface area contributed by atoms with Crippen molar-refractivity contribution in [3.63, 3.8) is 0 Å². The van der Waals surface area contributed by atoms with Crippen LogP contribution >= 0.6 is 0 Å². The molecule has 0 spiro atoms. The van der Waals surface area contributed by atoms with Gasteiger partial charge in [0.05, 0.1) is 24.8 Å². The molecule has 0 saturated heterocycles. The Morgan fingerprint density at radius 3 is 2.12 bits per heavy atom. The third kappa shape index (κ3) is 8.25. The van der Waals surface area contributed by atoms with Gasteiger partial charge in [-0.1, -0.05) is 50.6 Å². The van der Waals surface area contributed by atoms with Crippen molar-refractivity contribution >= 4 is 27.5 Å². The van der Waals surface area contributed by atoms with Gasteiger partial charge in [-0.25, -0.2) is 8.42 Å². The summed E-state index contributed by atoms with van der Waals surface area (Å²) in [6.45, 7) is 7.75. The predicted octanol–water partition coefficient (Wildman–Crippen LogP) is 4.79. The quantitative estimate of drug-likeness (QED) is 0.288. The van der Waals surface area contributed by atoms with Gasteiger partial charge in [-0.3, -0.25) is 13.9 Å². The van der Waals surface area contributed by atoms with Crippen molar-refractivity contribution in [1.82, 2.24) is 10.2 Å². The zero-order valence-corrected chi connectivity index (χ0v) is 26.0. The summed E-state index contributed by atoms with van der Waals surface area (Å²) in [7, 11) is -1.11. The van der Waals surface area contributed by atoms with Crippen molar-refractivity contribution in [2.24, 2.45) is 5.92 Å². The van der Waals surface area contributed by atoms with Gasteiger partial charge in [0.25, 0.3) is 10.0 Å². The number of hydrogen-bond donors (Lipinski definition) is 1. The first kappa shape index (κ1) is 32.5. The third-order valence-corrected chi connectivity index (χ3v) is 8.59. The number of amides is 2. The Balaban J connectivity index is 2.05. The minimum absolute atomic E-state index is 0.0118. The summed E-state index contributed by atoms with van der Waals surface area (Å²) in [6.07, 6.45) is 0.343. The van der Waals surface area contributed by atoms with E-state index in [2.05, 4.69) is 5.32 Å². The average Bonchev–Trinajstić information content (AvgIpc) is 2.99. The van der Waals surface area contributed by atoms with Crippen LogP contribution in [0.1, 0.15) is 38.3 Å². The van der Waals surface area contributed by atoms with Gasteiger partial charge in [0.2, 0.25) is 11.8 Å². The molecular formula is C32H41N3O6S. The van der Waals surface area contributed by atoms with Crippen LogP contribution in [0.2, 0.25) is 0 Å². The van der Waals surface area contributed by atoms with Gasteiger partial charge in [0.1, 0.15) is 24.1 Å². The van der Waals surface area contributed by atoms with Crippen LogP contribution in [0.5, 0.6) is 11.5 Å². The summed E-state index contributed by atoms with van der Waals surface area (Å²) in [5, 5.41) is 2.93. The van der Waals surface area contributed by atoms with Gasteiger partial charge in [-0.15, -0.1) is 0 Å². The SMILES string of the molecule is CC[C@@H](C(=O)NCC(C)C)N(Cc1cccc(OC)c1)C(=O)CN(c1ccc(C)cc1)S(=O)(=O)c1ccc(OC)cc1. The van der Waals surface area contributed by atoms with Crippen molar-refractivity contribution in [2.45, 2.75) is 51.6 Å². The highest BCUT2D eigenvalue weighted by atomic mass is 32.2. The van der Waals surface area contributed by atoms with Crippen molar-refractivity contribution in [3.05, 3.63) is 83.9 Å². The molecule has 0 bridgehead atoms. The van der Waals surface area contributed by atoms with Crippen LogP contribution in [0.4, 0.5) is 5.69 Å². The Hall–Kier alpha value is -4.05. The van der Waals surface area contributed by atoms with Gasteiger partial charge in [0.15, 0.2) is 0 Å². The minimum atomic E-state index is -4.17. The molecule has 1 N–H and O–H groups in total. The molecule has 226 valence electrons. The molecule has 0 aliphatic rings. The molecule has 0 heterocycles. The van der Waals surface area contributed by atoms with Gasteiger partial charge in [0, 0.05) is 13.1 Å². The maximum atomic E-state index is 14.2. The van der Waals surface area contributed by atoms with Crippen molar-refractivity contribution in [1.29, 1.82) is 0 Å². The highest BCUT2D eigenvalue weighted by molar-refractivity contribution is 7.92. The second-order valence-electron chi connectivity index (χ2n) is 10.5. The third-order valence-electron chi connectivity index (χ3n) is 6.81. The Kier molecular flexibility index (Phi) is 11.4. The molecule has 2 amide bonds. The molecule has 0 radical (unpaired) electrons. The number of anilines is 1. The summed E-state index contributed by atoms with van der Waals surface area (Å²) in [5.41, 5.74) is 2.03. The van der Waals surface area contributed by atoms with Gasteiger partial charge in [-0.05, 0) is 73.4 Å². The van der Waals surface area contributed by atoms with Crippen molar-refractivity contribution in [3.8, 4) is 11.5 Å². The van der Waals surface area contributed by atoms with Crippen LogP contribution in [-0.2, 0) is 26.2 Å². The number of rotatable bonds is 14. The van der Waals surface area contributed by atoms with E-state index in [1.54, 1.807) is 55.6 Å². The Labute approximate surface area is 249 Å². The molecule has 3 aromatic carbocycles. The van der Waals surface area contributed by atoms with Crippen LogP contribution in [0.25, 0.3) is 0 Å². The fraction of sp³-hybridized carbons (Fsp3) is 0.375. The first-order valence-electron chi connectivity index (χ1n) is 13.9. The number of nitrogens with zero attached hydrogens (tertiary/aromatic N) is 2. The van der Waals surface area contributed by atoms with E-state index in [0.717, 1.165) is 15.4 Å². The normalized spacial score (nSPS) is 12.0. The molecule has 0 aliphatic heterocycles. The lowest BCUT2D eigenvalue weighted by molar-refractivity contribution is -0.140. The highest BCUT2D eigenvalue weighted by Crippen LogP contribution is 2.27. The molecule has 0 saturated carbocycles. The lowest BCUT2D eigenvalue weighted by Gasteiger charge is -2.33. The Bertz CT molecular complexity index is 1440. The molecule has 0 fully saturated rings. The summed E-state index contributed by atoms with van der Waals surface area (Å²) in [6, 6.07) is 19.4. The number of nitrogens with one attached hydrogen (secondary N) is 1. The maximum Gasteiger partial charge on any atom is 0.264 e. The van der Waals surface area contributed by atoms with Crippen LogP contribution in [0.15, 0.2) is 77.7 Å². The summed E-state index contributed by atoms with van der Waals surface area (Å²) >= 11 is 0. The number of ether oxygens (including phenoxy) is 2. The van der Waals surface area contributed by atoms with Gasteiger partial charge < -0.3 is 19.7 Å². The molecule has 9 nitrogen and oxygen atoms in total. The molecule has 3 rings (SSSR count). The Morgan fingerprint density at radius 2 is 1.55 bits per heavy atom. The standard InChI is InChI=1S/C32H41N3O6S/c1-7-30(32(37)33-20-23(2)3)34(21-25-9-8-10-28(19-25)41-6)31(36)22-35(26-13-11-24(4)12-14-26)42(38,39)29-17-15-27(40-5)16-18-29/h8-19,23,30H,7,20-22H2,1-6H3,(H,33,37)/t30-/m0/s1. The minimum Gasteiger partial charge on any atom is -0.497 e. The molecule has 3 aromatic rings. The number of hydrogen-bond acceptors (Lipinski definition) is 6. The van der Waals surface area contributed by atoms with Gasteiger partial charge in [-0.2, -0.15) is 0 Å². The van der Waals surface area contributed by atoms with E-state index >= 15 is 0 Å². The number of methoxy groups -OCH3 is 2. The maximum absolute atomic E-state index is 14.2. The van der Waals surface area contributed by atoms with Crippen LogP contribution in [0, 0.1) is 12.8 Å². The molecular weight excluding hydrogens is 554 g/mol. The zero-order valence-electron chi connectivity index (χ0n) is 25.2. The van der Waals surface area contributed by atoms with E-state index in [4.69, 9.17) is 9.47 Å². The van der Waals surface area contributed by atoms with Gasteiger partial charge >= 0.3 is 0 Å². The highest BCUT2D eigenvalue weighted by Gasteiger charge is 2.33. The Morgan fingerprint density at radius 1 is 0.905 bits per heavy atom. The summed E-state index contributed by atoms with van der Waals surface area (Å²) in [5.74, 6) is 0.542. The summed E-state index contributed by atoms with van der Waals surface area (Å²) < 4.78 is 39.6. The average molecular weight is 596 g/mol. The second kappa shape index (κ2) is 14.7. The van der Waals surface area contributed by atoms with E-state index in [1.807, 2.05) is 39.8 Å². The first-order chi connectivity index (χ1) is 20.0. The molecule has 42 heavy (non-hydrogen) atoms. The number of carbonyl (C=O) groups is 2. The lowest BCUT2D eigenvalue weighted by atomic mass is 10.1. The number of aryl methyl sites for hydroxylation is 1. The lowest BCUT2D eigenvalue weighted by Crippen LogP contribution is -2.52. The molecule has 0 aliphatic carbocycles. The van der Waals surface area contributed by atoms with Crippen LogP contribution < -0.4 is 19.1 Å². The monoisotopic (exact) mass is 595 g/mol. The largest absolute Gasteiger partial charge is 0.497 e. The fourth-order valence-electron chi connectivity index (χ4n) is 4.42. The molecule has 0 unspecified atom stereocenters. The van der Waals surface area contributed by atoms with Crippen molar-refractivity contribution < 1.29 is 27.5 Å². The molecule has 1 atom stereocenters. The van der Waals surface area contributed by atoms with E-state index in [-0.39, 0.29) is 23.3 Å². The number of carbonyl (C=O) groups excluding carboxylic acids is 2. The molecule has 0 aromatic heterocycles. The first-order valence-corrected chi connectivity index (χ1v) is 15.4. The zero-order chi connectivity index (χ0) is 30.9. The summed E-state index contributed by atoms with van der Waals surface area (Å²) in [4.78, 5) is 29.0. The predicted molar refractivity (Wildman–Crippen MR) is 164 cm³/mol. The van der Waals surface area contributed by atoms with Crippen molar-refractivity contribution in [2.75, 3.05) is 31.6 Å². The topological polar surface area (TPSA) is 105 Å². The van der Waals surface area contributed by atoms with E-state index in [0.29, 0.717) is 30.2 Å². The molecule has 10 heteroatoms. The van der Waals surface area contributed by atoms with E-state index < -0.39 is 28.5 Å². The number of benzene rings is 3.